The highest BCUT2D eigenvalue weighted by atomic mass is 32.2. The van der Waals surface area contributed by atoms with E-state index in [-0.39, 0.29) is 11.1 Å². The predicted octanol–water partition coefficient (Wildman–Crippen LogP) is 3.39. The SMILES string of the molecule is Cc1ccc(S(=O)(=O)N2C[C@H]2CO[Si](C)(C)C(C)(C)C)cc1. The van der Waals surface area contributed by atoms with Crippen LogP contribution in [0.3, 0.4) is 0 Å². The zero-order chi connectivity index (χ0) is 16.8. The van der Waals surface area contributed by atoms with E-state index in [0.717, 1.165) is 5.56 Å². The Labute approximate surface area is 135 Å². The Hall–Kier alpha value is -0.693. The van der Waals surface area contributed by atoms with Gasteiger partial charge in [-0.2, -0.15) is 4.31 Å². The maximum Gasteiger partial charge on any atom is 0.243 e. The molecule has 0 bridgehead atoms. The van der Waals surface area contributed by atoms with Gasteiger partial charge >= 0.3 is 0 Å². The van der Waals surface area contributed by atoms with Gasteiger partial charge < -0.3 is 4.43 Å². The van der Waals surface area contributed by atoms with Crippen LogP contribution in [0, 0.1) is 6.92 Å². The summed E-state index contributed by atoms with van der Waals surface area (Å²) in [5.41, 5.74) is 1.06. The highest BCUT2D eigenvalue weighted by Gasteiger charge is 2.46. The summed E-state index contributed by atoms with van der Waals surface area (Å²) in [6.45, 7) is 13.9. The minimum Gasteiger partial charge on any atom is -0.415 e. The van der Waals surface area contributed by atoms with Crippen LogP contribution in [-0.4, -0.2) is 40.2 Å². The molecule has 2 rings (SSSR count). The molecule has 4 nitrogen and oxygen atoms in total. The van der Waals surface area contributed by atoms with Gasteiger partial charge in [-0.1, -0.05) is 38.5 Å². The standard InChI is InChI=1S/C16H27NO3SSi/c1-13-7-9-15(10-8-13)21(18,19)17-11-14(17)12-20-22(5,6)16(2,3)4/h7-10,14H,11-12H2,1-6H3/t14-,17?/m0/s1. The monoisotopic (exact) mass is 341 g/mol. The molecule has 124 valence electrons. The van der Waals surface area contributed by atoms with E-state index in [0.29, 0.717) is 18.0 Å². The van der Waals surface area contributed by atoms with Crippen LogP contribution in [0.2, 0.25) is 18.1 Å². The van der Waals surface area contributed by atoms with Crippen LogP contribution in [0.15, 0.2) is 29.2 Å². The van der Waals surface area contributed by atoms with Crippen molar-refractivity contribution in [3.8, 4) is 0 Å². The van der Waals surface area contributed by atoms with Gasteiger partial charge in [-0.3, -0.25) is 0 Å². The first-order valence-corrected chi connectivity index (χ1v) is 12.0. The highest BCUT2D eigenvalue weighted by molar-refractivity contribution is 7.89. The van der Waals surface area contributed by atoms with Crippen LogP contribution in [-0.2, 0) is 14.4 Å². The topological polar surface area (TPSA) is 46.4 Å². The second-order valence-electron chi connectivity index (χ2n) is 7.61. The molecule has 22 heavy (non-hydrogen) atoms. The molecule has 6 heteroatoms. The van der Waals surface area contributed by atoms with Gasteiger partial charge in [-0.15, -0.1) is 0 Å². The van der Waals surface area contributed by atoms with Crippen molar-refractivity contribution in [2.45, 2.75) is 56.8 Å². The lowest BCUT2D eigenvalue weighted by Gasteiger charge is -2.36. The van der Waals surface area contributed by atoms with Crippen molar-refractivity contribution in [3.63, 3.8) is 0 Å². The number of hydrogen-bond acceptors (Lipinski definition) is 3. The van der Waals surface area contributed by atoms with Gasteiger partial charge in [0.2, 0.25) is 10.0 Å². The van der Waals surface area contributed by atoms with Crippen LogP contribution in [0.5, 0.6) is 0 Å². The summed E-state index contributed by atoms with van der Waals surface area (Å²) < 4.78 is 32.7. The average molecular weight is 342 g/mol. The van der Waals surface area contributed by atoms with E-state index in [4.69, 9.17) is 4.43 Å². The molecular weight excluding hydrogens is 314 g/mol. The van der Waals surface area contributed by atoms with Crippen molar-refractivity contribution in [2.24, 2.45) is 0 Å². The summed E-state index contributed by atoms with van der Waals surface area (Å²) in [7, 11) is -5.19. The molecule has 0 aliphatic carbocycles. The molecule has 0 aromatic heterocycles. The maximum absolute atomic E-state index is 12.5. The summed E-state index contributed by atoms with van der Waals surface area (Å²) in [6.07, 6.45) is 0. The van der Waals surface area contributed by atoms with Crippen LogP contribution in [0.1, 0.15) is 26.3 Å². The van der Waals surface area contributed by atoms with Crippen molar-refractivity contribution >= 4 is 18.3 Å². The fourth-order valence-electron chi connectivity index (χ4n) is 1.96. The zero-order valence-corrected chi connectivity index (χ0v) is 16.2. The van der Waals surface area contributed by atoms with E-state index < -0.39 is 18.3 Å². The smallest absolute Gasteiger partial charge is 0.243 e. The molecule has 1 heterocycles. The molecule has 1 fully saturated rings. The Kier molecular flexibility index (Phi) is 4.61. The largest absolute Gasteiger partial charge is 0.415 e. The first-order valence-electron chi connectivity index (χ1n) is 7.68. The second-order valence-corrected chi connectivity index (χ2v) is 14.3. The maximum atomic E-state index is 12.5. The third-order valence-corrected chi connectivity index (χ3v) is 11.2. The molecule has 0 saturated carbocycles. The third kappa shape index (κ3) is 3.62. The van der Waals surface area contributed by atoms with Gasteiger partial charge in [0, 0.05) is 6.54 Å². The van der Waals surface area contributed by atoms with E-state index in [1.807, 2.05) is 19.1 Å². The second kappa shape index (κ2) is 5.74. The molecule has 0 amide bonds. The molecule has 1 saturated heterocycles. The van der Waals surface area contributed by atoms with Crippen molar-refractivity contribution in [2.75, 3.05) is 13.2 Å². The van der Waals surface area contributed by atoms with Crippen LogP contribution in [0.25, 0.3) is 0 Å². The van der Waals surface area contributed by atoms with Crippen LogP contribution >= 0.6 is 0 Å². The Morgan fingerprint density at radius 2 is 1.77 bits per heavy atom. The quantitative estimate of drug-likeness (QED) is 0.609. The van der Waals surface area contributed by atoms with Gasteiger partial charge in [0.1, 0.15) is 0 Å². The molecule has 1 aliphatic heterocycles. The van der Waals surface area contributed by atoms with Crippen LogP contribution < -0.4 is 0 Å². The number of rotatable bonds is 5. The highest BCUT2D eigenvalue weighted by Crippen LogP contribution is 2.38. The molecule has 0 radical (unpaired) electrons. The Bertz CT molecular complexity index is 632. The van der Waals surface area contributed by atoms with E-state index in [1.54, 1.807) is 12.1 Å². The molecule has 1 aromatic rings. The molecule has 1 aromatic carbocycles. The minimum atomic E-state index is -3.37. The Morgan fingerprint density at radius 1 is 1.23 bits per heavy atom. The van der Waals surface area contributed by atoms with Gasteiger partial charge in [0.05, 0.1) is 17.5 Å². The zero-order valence-electron chi connectivity index (χ0n) is 14.4. The summed E-state index contributed by atoms with van der Waals surface area (Å²) in [5.74, 6) is 0. The first kappa shape index (κ1) is 17.7. The molecule has 1 unspecified atom stereocenters. The Morgan fingerprint density at radius 3 is 2.27 bits per heavy atom. The van der Waals surface area contributed by atoms with Crippen molar-refractivity contribution < 1.29 is 12.8 Å². The first-order chi connectivity index (χ1) is 9.95. The fraction of sp³-hybridized carbons (Fsp3) is 0.625. The van der Waals surface area contributed by atoms with Gasteiger partial charge in [-0.05, 0) is 37.2 Å². The van der Waals surface area contributed by atoms with Gasteiger partial charge in [0.15, 0.2) is 8.32 Å². The number of aryl methyl sites for hydroxylation is 1. The van der Waals surface area contributed by atoms with E-state index in [9.17, 15) is 8.42 Å². The third-order valence-electron chi connectivity index (χ3n) is 4.73. The van der Waals surface area contributed by atoms with Gasteiger partial charge in [0.25, 0.3) is 0 Å². The summed E-state index contributed by atoms with van der Waals surface area (Å²) >= 11 is 0. The summed E-state index contributed by atoms with van der Waals surface area (Å²) in [6, 6.07) is 7.00. The normalized spacial score (nSPS) is 22.6. The number of sulfonamides is 1. The van der Waals surface area contributed by atoms with Crippen LogP contribution in [0.4, 0.5) is 0 Å². The van der Waals surface area contributed by atoms with E-state index in [1.165, 1.54) is 4.31 Å². The minimum absolute atomic E-state index is 0.0135. The lowest BCUT2D eigenvalue weighted by atomic mass is 10.2. The van der Waals surface area contributed by atoms with Gasteiger partial charge in [-0.25, -0.2) is 8.42 Å². The number of hydrogen-bond donors (Lipinski definition) is 0. The molecular formula is C16H27NO3SSi. The van der Waals surface area contributed by atoms with Crippen molar-refractivity contribution in [1.29, 1.82) is 0 Å². The van der Waals surface area contributed by atoms with Crippen molar-refractivity contribution in [1.82, 2.24) is 4.31 Å². The predicted molar refractivity (Wildman–Crippen MR) is 92.0 cm³/mol. The molecule has 0 N–H and O–H groups in total. The van der Waals surface area contributed by atoms with Crippen molar-refractivity contribution in [3.05, 3.63) is 29.8 Å². The number of nitrogens with zero attached hydrogens (tertiary/aromatic N) is 1. The molecule has 1 aliphatic rings. The average Bonchev–Trinajstić information content (AvgIpc) is 3.16. The molecule has 2 atom stereocenters. The lowest BCUT2D eigenvalue weighted by molar-refractivity contribution is 0.281. The van der Waals surface area contributed by atoms with E-state index >= 15 is 0 Å². The molecule has 0 spiro atoms. The summed E-state index contributed by atoms with van der Waals surface area (Å²) in [5, 5.41) is 0.141. The number of benzene rings is 1. The lowest BCUT2D eigenvalue weighted by Crippen LogP contribution is -2.42. The summed E-state index contributed by atoms with van der Waals surface area (Å²) in [4.78, 5) is 0.368. The fourth-order valence-corrected chi connectivity index (χ4v) is 4.57. The Balaban J connectivity index is 1.99. The van der Waals surface area contributed by atoms with E-state index in [2.05, 4.69) is 33.9 Å².